The summed E-state index contributed by atoms with van der Waals surface area (Å²) in [6.07, 6.45) is 0. The lowest BCUT2D eigenvalue weighted by molar-refractivity contribution is 0.617. The van der Waals surface area contributed by atoms with Crippen LogP contribution in [0, 0.1) is 19.7 Å². The van der Waals surface area contributed by atoms with Crippen molar-refractivity contribution < 1.29 is 4.39 Å². The quantitative estimate of drug-likeness (QED) is 0.677. The van der Waals surface area contributed by atoms with Crippen molar-refractivity contribution in [1.29, 1.82) is 0 Å². The maximum atomic E-state index is 14.1. The molecule has 0 aliphatic rings. The smallest absolute Gasteiger partial charge is 0.278 e. The summed E-state index contributed by atoms with van der Waals surface area (Å²) in [4.78, 5) is 13.1. The molecule has 6 heteroatoms. The van der Waals surface area contributed by atoms with Crippen LogP contribution in [-0.4, -0.2) is 14.2 Å². The number of aromatic nitrogens is 3. The van der Waals surface area contributed by atoms with E-state index in [1.807, 2.05) is 33.8 Å². The van der Waals surface area contributed by atoms with E-state index in [1.165, 1.54) is 6.07 Å². The van der Waals surface area contributed by atoms with E-state index >= 15 is 0 Å². The second-order valence-corrected chi connectivity index (χ2v) is 7.02. The summed E-state index contributed by atoms with van der Waals surface area (Å²) in [6.45, 7) is 9.94. The van der Waals surface area contributed by atoms with Crippen LogP contribution in [0.25, 0.3) is 16.9 Å². The zero-order valence-corrected chi connectivity index (χ0v) is 15.8. The Morgan fingerprint density at radius 1 is 1.24 bits per heavy atom. The Morgan fingerprint density at radius 3 is 2.52 bits per heavy atom. The predicted molar refractivity (Wildman–Crippen MR) is 99.1 cm³/mol. The molecular weight excluding hydrogens is 341 g/mol. The summed E-state index contributed by atoms with van der Waals surface area (Å²) >= 11 is 6.33. The average Bonchev–Trinajstić information content (AvgIpc) is 2.88. The normalized spacial score (nSPS) is 11.7. The molecular formula is C19H21ClFN3O. The van der Waals surface area contributed by atoms with Gasteiger partial charge >= 0.3 is 0 Å². The third kappa shape index (κ3) is 2.76. The number of fused-ring (bicyclic) bond motifs is 1. The highest BCUT2D eigenvalue weighted by Gasteiger charge is 2.20. The standard InChI is InChI=1S/C19H21ClFN3O/c1-6-23-18(14-9-16(21)11(4)7-15(14)20)22-24-12(5)8-13(10(2)3)17(24)19(23)25/h7-10H,6H2,1-5H3. The fourth-order valence-electron chi connectivity index (χ4n) is 3.12. The zero-order chi connectivity index (χ0) is 18.5. The molecule has 3 aromatic rings. The molecule has 25 heavy (non-hydrogen) atoms. The van der Waals surface area contributed by atoms with Crippen LogP contribution in [-0.2, 0) is 6.54 Å². The van der Waals surface area contributed by atoms with Gasteiger partial charge in [-0.1, -0.05) is 25.4 Å². The average molecular weight is 362 g/mol. The van der Waals surface area contributed by atoms with Crippen LogP contribution in [0.4, 0.5) is 4.39 Å². The molecule has 1 aromatic carbocycles. The number of rotatable bonds is 3. The molecule has 0 radical (unpaired) electrons. The van der Waals surface area contributed by atoms with Crippen molar-refractivity contribution >= 4 is 17.1 Å². The molecule has 0 amide bonds. The summed E-state index contributed by atoms with van der Waals surface area (Å²) in [5, 5.41) is 5.02. The first-order valence-electron chi connectivity index (χ1n) is 8.35. The molecule has 132 valence electrons. The van der Waals surface area contributed by atoms with Crippen LogP contribution in [0.1, 0.15) is 43.5 Å². The van der Waals surface area contributed by atoms with Crippen molar-refractivity contribution in [3.05, 3.63) is 56.2 Å². The van der Waals surface area contributed by atoms with Crippen LogP contribution in [0.2, 0.25) is 5.02 Å². The third-order valence-electron chi connectivity index (χ3n) is 4.51. The Labute approximate surface area is 150 Å². The summed E-state index contributed by atoms with van der Waals surface area (Å²) in [5.74, 6) is 0.205. The lowest BCUT2D eigenvalue weighted by Crippen LogP contribution is -2.26. The van der Waals surface area contributed by atoms with Crippen molar-refractivity contribution in [3.63, 3.8) is 0 Å². The molecule has 0 saturated heterocycles. The minimum atomic E-state index is -0.372. The number of nitrogens with zero attached hydrogens (tertiary/aromatic N) is 3. The first kappa shape index (κ1) is 17.7. The van der Waals surface area contributed by atoms with E-state index in [0.29, 0.717) is 34.0 Å². The van der Waals surface area contributed by atoms with Gasteiger partial charge in [0, 0.05) is 17.8 Å². The molecule has 0 fully saturated rings. The van der Waals surface area contributed by atoms with Crippen molar-refractivity contribution in [2.75, 3.05) is 0 Å². The van der Waals surface area contributed by atoms with E-state index in [0.717, 1.165) is 11.3 Å². The van der Waals surface area contributed by atoms with Gasteiger partial charge in [0.15, 0.2) is 5.82 Å². The number of hydrogen-bond donors (Lipinski definition) is 0. The Bertz CT molecular complexity index is 1030. The fraction of sp³-hybridized carbons (Fsp3) is 0.368. The molecule has 0 N–H and O–H groups in total. The molecule has 0 spiro atoms. The monoisotopic (exact) mass is 361 g/mol. The molecule has 0 atom stereocenters. The van der Waals surface area contributed by atoms with E-state index in [-0.39, 0.29) is 17.3 Å². The lowest BCUT2D eigenvalue weighted by atomic mass is 10.1. The molecule has 2 heterocycles. The molecule has 2 aromatic heterocycles. The van der Waals surface area contributed by atoms with Gasteiger partial charge in [-0.3, -0.25) is 9.36 Å². The highest BCUT2D eigenvalue weighted by molar-refractivity contribution is 6.33. The van der Waals surface area contributed by atoms with Crippen LogP contribution in [0.3, 0.4) is 0 Å². The largest absolute Gasteiger partial charge is 0.290 e. The summed E-state index contributed by atoms with van der Waals surface area (Å²) in [7, 11) is 0. The van der Waals surface area contributed by atoms with Crippen molar-refractivity contribution in [1.82, 2.24) is 14.2 Å². The van der Waals surface area contributed by atoms with E-state index in [9.17, 15) is 9.18 Å². The van der Waals surface area contributed by atoms with Crippen LogP contribution in [0.5, 0.6) is 0 Å². The van der Waals surface area contributed by atoms with Crippen molar-refractivity contribution in [2.24, 2.45) is 0 Å². The summed E-state index contributed by atoms with van der Waals surface area (Å²) in [5.41, 5.74) is 3.14. The van der Waals surface area contributed by atoms with Gasteiger partial charge in [0.05, 0.1) is 5.02 Å². The summed E-state index contributed by atoms with van der Waals surface area (Å²) in [6, 6.07) is 4.89. The molecule has 0 bridgehead atoms. The minimum absolute atomic E-state index is 0.138. The van der Waals surface area contributed by atoms with Gasteiger partial charge in [-0.05, 0) is 56.0 Å². The molecule has 0 aliphatic heterocycles. The Balaban J connectivity index is 2.44. The molecule has 0 saturated carbocycles. The van der Waals surface area contributed by atoms with Crippen molar-refractivity contribution in [2.45, 2.75) is 47.1 Å². The third-order valence-corrected chi connectivity index (χ3v) is 4.82. The van der Waals surface area contributed by atoms with Gasteiger partial charge in [0.2, 0.25) is 0 Å². The highest BCUT2D eigenvalue weighted by Crippen LogP contribution is 2.30. The van der Waals surface area contributed by atoms with Gasteiger partial charge in [0.25, 0.3) is 5.56 Å². The SMILES string of the molecule is CCn1c(-c2cc(F)c(C)cc2Cl)nn2c(C)cc(C(C)C)c2c1=O. The van der Waals surface area contributed by atoms with E-state index in [2.05, 4.69) is 5.10 Å². The Hall–Kier alpha value is -2.14. The molecule has 0 unspecified atom stereocenters. The minimum Gasteiger partial charge on any atom is -0.290 e. The van der Waals surface area contributed by atoms with Crippen molar-refractivity contribution in [3.8, 4) is 11.4 Å². The van der Waals surface area contributed by atoms with Gasteiger partial charge in [0.1, 0.15) is 11.3 Å². The van der Waals surface area contributed by atoms with Crippen LogP contribution >= 0.6 is 11.6 Å². The zero-order valence-electron chi connectivity index (χ0n) is 15.0. The van der Waals surface area contributed by atoms with E-state index in [4.69, 9.17) is 11.6 Å². The maximum Gasteiger partial charge on any atom is 0.278 e. The van der Waals surface area contributed by atoms with Crippen LogP contribution < -0.4 is 5.56 Å². The predicted octanol–water partition coefficient (Wildman–Crippen LogP) is 4.72. The van der Waals surface area contributed by atoms with Gasteiger partial charge < -0.3 is 0 Å². The topological polar surface area (TPSA) is 39.3 Å². The second kappa shape index (κ2) is 6.30. The number of hydrogen-bond acceptors (Lipinski definition) is 2. The molecule has 0 aliphatic carbocycles. The van der Waals surface area contributed by atoms with Gasteiger partial charge in [-0.25, -0.2) is 8.91 Å². The number of halogens is 2. The highest BCUT2D eigenvalue weighted by atomic mass is 35.5. The lowest BCUT2D eigenvalue weighted by Gasteiger charge is -2.14. The first-order valence-corrected chi connectivity index (χ1v) is 8.73. The summed E-state index contributed by atoms with van der Waals surface area (Å²) < 4.78 is 17.3. The second-order valence-electron chi connectivity index (χ2n) is 6.61. The van der Waals surface area contributed by atoms with E-state index < -0.39 is 0 Å². The van der Waals surface area contributed by atoms with Gasteiger partial charge in [-0.2, -0.15) is 0 Å². The number of benzene rings is 1. The van der Waals surface area contributed by atoms with Gasteiger partial charge in [-0.15, -0.1) is 5.10 Å². The fourth-order valence-corrected chi connectivity index (χ4v) is 3.42. The Morgan fingerprint density at radius 2 is 1.92 bits per heavy atom. The van der Waals surface area contributed by atoms with Crippen LogP contribution in [0.15, 0.2) is 23.0 Å². The number of aryl methyl sites for hydroxylation is 2. The molecule has 3 rings (SSSR count). The maximum absolute atomic E-state index is 14.1. The van der Waals surface area contributed by atoms with E-state index in [1.54, 1.807) is 22.1 Å². The Kier molecular flexibility index (Phi) is 4.45. The molecule has 4 nitrogen and oxygen atoms in total. The first-order chi connectivity index (χ1) is 11.8.